The minimum absolute atomic E-state index is 0.195. The first kappa shape index (κ1) is 15.7. The first-order valence-corrected chi connectivity index (χ1v) is 9.00. The van der Waals surface area contributed by atoms with Gasteiger partial charge in [0.2, 0.25) is 0 Å². The maximum absolute atomic E-state index is 2.28. The summed E-state index contributed by atoms with van der Waals surface area (Å²) in [5, 5.41) is 0. The summed E-state index contributed by atoms with van der Waals surface area (Å²) >= 11 is 0. The molecule has 0 amide bonds. The molecule has 0 radical (unpaired) electrons. The van der Waals surface area contributed by atoms with Gasteiger partial charge in [0.25, 0.3) is 0 Å². The highest BCUT2D eigenvalue weighted by atomic mass is 32.2. The molecule has 0 N–H and O–H groups in total. The Morgan fingerprint density at radius 3 is 1.71 bits per heavy atom. The van der Waals surface area contributed by atoms with Crippen LogP contribution in [0, 0.1) is 6.92 Å². The molecule has 2 aromatic rings. The van der Waals surface area contributed by atoms with Crippen LogP contribution in [0.1, 0.15) is 18.4 Å². The summed E-state index contributed by atoms with van der Waals surface area (Å²) in [4.78, 5) is 2.81. The van der Waals surface area contributed by atoms with Crippen LogP contribution in [0.2, 0.25) is 0 Å². The quantitative estimate of drug-likeness (QED) is 0.637. The van der Waals surface area contributed by atoms with Crippen LogP contribution in [-0.2, 0) is 10.9 Å². The highest BCUT2D eigenvalue weighted by Crippen LogP contribution is 2.20. The van der Waals surface area contributed by atoms with Gasteiger partial charge in [-0.3, -0.25) is 0 Å². The Bertz CT molecular complexity index is 567. The van der Waals surface area contributed by atoms with E-state index in [1.54, 1.807) is 0 Å². The number of hydrogen-bond acceptors (Lipinski definition) is 0. The van der Waals surface area contributed by atoms with Gasteiger partial charge in [-0.2, -0.15) is 0 Å². The molecule has 0 heterocycles. The third kappa shape index (κ3) is 5.28. The third-order valence-corrected chi connectivity index (χ3v) is 5.31. The number of allylic oxidation sites excluding steroid dienone is 4. The Balaban J connectivity index is 0.000000225. The summed E-state index contributed by atoms with van der Waals surface area (Å²) in [6, 6.07) is 19.5. The maximum Gasteiger partial charge on any atom is 0.160 e. The van der Waals surface area contributed by atoms with E-state index in [1.807, 2.05) is 0 Å². The Morgan fingerprint density at radius 2 is 1.24 bits per heavy atom. The lowest BCUT2D eigenvalue weighted by molar-refractivity contribution is 1.04. The van der Waals surface area contributed by atoms with Crippen molar-refractivity contribution in [3.8, 4) is 0 Å². The molecule has 1 unspecified atom stereocenters. The molecular weight excluding hydrogens is 272 g/mol. The van der Waals surface area contributed by atoms with Crippen LogP contribution in [0.25, 0.3) is 0 Å². The Kier molecular flexibility index (Phi) is 6.36. The molecule has 1 heteroatoms. The predicted molar refractivity (Wildman–Crippen MR) is 95.0 cm³/mol. The van der Waals surface area contributed by atoms with Crippen molar-refractivity contribution in [1.82, 2.24) is 0 Å². The molecule has 1 atom stereocenters. The van der Waals surface area contributed by atoms with E-state index in [2.05, 4.69) is 92.1 Å². The molecule has 0 spiro atoms. The average Bonchev–Trinajstić information content (AvgIpc) is 2.58. The van der Waals surface area contributed by atoms with E-state index in [-0.39, 0.29) is 10.9 Å². The van der Waals surface area contributed by atoms with Gasteiger partial charge >= 0.3 is 0 Å². The van der Waals surface area contributed by atoms with Crippen molar-refractivity contribution in [3.63, 3.8) is 0 Å². The first-order chi connectivity index (χ1) is 10.3. The molecular formula is C20H23S+. The molecule has 108 valence electrons. The van der Waals surface area contributed by atoms with Gasteiger partial charge in [-0.1, -0.05) is 60.2 Å². The highest BCUT2D eigenvalue weighted by molar-refractivity contribution is 7.96. The van der Waals surface area contributed by atoms with Gasteiger partial charge in [0.15, 0.2) is 9.79 Å². The fourth-order valence-electron chi connectivity index (χ4n) is 2.05. The lowest BCUT2D eigenvalue weighted by Crippen LogP contribution is -1.99. The van der Waals surface area contributed by atoms with Crippen molar-refractivity contribution < 1.29 is 0 Å². The van der Waals surface area contributed by atoms with Gasteiger partial charge in [0, 0.05) is 0 Å². The summed E-state index contributed by atoms with van der Waals surface area (Å²) in [7, 11) is 0.195. The van der Waals surface area contributed by atoms with Crippen molar-refractivity contribution in [3.05, 3.63) is 84.5 Å². The molecule has 1 aliphatic carbocycles. The van der Waals surface area contributed by atoms with Crippen LogP contribution in [0.4, 0.5) is 0 Å². The first-order valence-electron chi connectivity index (χ1n) is 7.37. The third-order valence-electron chi connectivity index (χ3n) is 3.35. The van der Waals surface area contributed by atoms with Crippen LogP contribution in [-0.4, -0.2) is 6.26 Å². The zero-order chi connectivity index (χ0) is 14.9. The fraction of sp³-hybridized carbons (Fsp3) is 0.200. The van der Waals surface area contributed by atoms with E-state index < -0.39 is 0 Å². The lowest BCUT2D eigenvalue weighted by Gasteiger charge is -2.02. The van der Waals surface area contributed by atoms with Crippen molar-refractivity contribution >= 4 is 10.9 Å². The Morgan fingerprint density at radius 1 is 0.714 bits per heavy atom. The summed E-state index contributed by atoms with van der Waals surface area (Å²) in [6.07, 6.45) is 13.3. The number of rotatable bonds is 2. The van der Waals surface area contributed by atoms with Crippen LogP contribution >= 0.6 is 0 Å². The van der Waals surface area contributed by atoms with Crippen LogP contribution in [0.5, 0.6) is 0 Å². The Labute approximate surface area is 131 Å². The predicted octanol–water partition coefficient (Wildman–Crippen LogP) is 5.55. The van der Waals surface area contributed by atoms with E-state index in [0.29, 0.717) is 0 Å². The van der Waals surface area contributed by atoms with Crippen molar-refractivity contribution in [1.29, 1.82) is 0 Å². The van der Waals surface area contributed by atoms with E-state index in [9.17, 15) is 0 Å². The summed E-state index contributed by atoms with van der Waals surface area (Å²) in [5.41, 5.74) is 1.32. The summed E-state index contributed by atoms with van der Waals surface area (Å²) in [6.45, 7) is 2.13. The fourth-order valence-corrected chi connectivity index (χ4v) is 3.43. The summed E-state index contributed by atoms with van der Waals surface area (Å²) in [5.74, 6) is 0. The van der Waals surface area contributed by atoms with Gasteiger partial charge in [0.1, 0.15) is 6.26 Å². The second-order valence-electron chi connectivity index (χ2n) is 5.07. The minimum atomic E-state index is 0.195. The van der Waals surface area contributed by atoms with Crippen LogP contribution < -0.4 is 0 Å². The van der Waals surface area contributed by atoms with Gasteiger partial charge in [-0.15, -0.1) is 0 Å². The molecule has 0 aromatic heterocycles. The number of aryl methyl sites for hydroxylation is 1. The molecule has 0 bridgehead atoms. The smallest absolute Gasteiger partial charge is 0.0842 e. The molecule has 0 saturated carbocycles. The maximum atomic E-state index is 2.28. The van der Waals surface area contributed by atoms with E-state index in [0.717, 1.165) is 0 Å². The number of benzene rings is 2. The van der Waals surface area contributed by atoms with Gasteiger partial charge in [-0.25, -0.2) is 0 Å². The largest absolute Gasteiger partial charge is 0.160 e. The average molecular weight is 295 g/mol. The second-order valence-corrected chi connectivity index (χ2v) is 7.03. The monoisotopic (exact) mass is 295 g/mol. The van der Waals surface area contributed by atoms with Crippen molar-refractivity contribution in [2.45, 2.75) is 29.6 Å². The molecule has 0 aliphatic heterocycles. The second kappa shape index (κ2) is 8.53. The topological polar surface area (TPSA) is 0 Å². The molecule has 3 rings (SSSR count). The minimum Gasteiger partial charge on any atom is -0.0842 e. The molecule has 1 aliphatic rings. The van der Waals surface area contributed by atoms with Gasteiger partial charge in [-0.05, 0) is 44.0 Å². The van der Waals surface area contributed by atoms with E-state index in [1.165, 1.54) is 28.2 Å². The zero-order valence-electron chi connectivity index (χ0n) is 12.8. The van der Waals surface area contributed by atoms with Crippen molar-refractivity contribution in [2.75, 3.05) is 6.26 Å². The van der Waals surface area contributed by atoms with Crippen LogP contribution in [0.15, 0.2) is 88.7 Å². The van der Waals surface area contributed by atoms with E-state index in [4.69, 9.17) is 0 Å². The van der Waals surface area contributed by atoms with Gasteiger partial charge in [0.05, 0.1) is 10.9 Å². The normalized spacial score (nSPS) is 14.2. The Hall–Kier alpha value is -1.73. The van der Waals surface area contributed by atoms with E-state index >= 15 is 0 Å². The van der Waals surface area contributed by atoms with Gasteiger partial charge < -0.3 is 0 Å². The zero-order valence-corrected chi connectivity index (χ0v) is 13.6. The van der Waals surface area contributed by atoms with Crippen LogP contribution in [0.3, 0.4) is 0 Å². The SMILES string of the molecule is C1=CCCC=C1.Cc1ccc([S+](C)c2ccccc2)cc1. The molecule has 2 aromatic carbocycles. The molecule has 0 saturated heterocycles. The molecule has 21 heavy (non-hydrogen) atoms. The van der Waals surface area contributed by atoms with Crippen molar-refractivity contribution in [2.24, 2.45) is 0 Å². The lowest BCUT2D eigenvalue weighted by atomic mass is 10.2. The summed E-state index contributed by atoms with van der Waals surface area (Å²) < 4.78 is 0. The molecule has 0 fully saturated rings. The standard InChI is InChI=1S/C14H15S.C6H8/c1-12-8-10-14(11-9-12)15(2)13-6-4-3-5-7-13;1-2-4-6-5-3-1/h3-11H,1-2H3;1-4H,5-6H2/q+1;. The highest BCUT2D eigenvalue weighted by Gasteiger charge is 2.17. The number of hydrogen-bond donors (Lipinski definition) is 0. The molecule has 0 nitrogen and oxygen atoms in total.